The van der Waals surface area contributed by atoms with Gasteiger partial charge < -0.3 is 10.8 Å². The van der Waals surface area contributed by atoms with Gasteiger partial charge in [-0.2, -0.15) is 0 Å². The van der Waals surface area contributed by atoms with E-state index in [1.54, 1.807) is 11.8 Å². The summed E-state index contributed by atoms with van der Waals surface area (Å²) in [7, 11) is 0. The summed E-state index contributed by atoms with van der Waals surface area (Å²) in [6, 6.07) is 8.10. The quantitative estimate of drug-likeness (QED) is 0.784. The van der Waals surface area contributed by atoms with Crippen LogP contribution in [0.1, 0.15) is 18.0 Å². The smallest absolute Gasteiger partial charge is 0.0449 e. The second-order valence-corrected chi connectivity index (χ2v) is 3.77. The lowest BCUT2D eigenvalue weighted by Gasteiger charge is -2.10. The number of halogens is 1. The van der Waals surface area contributed by atoms with Crippen LogP contribution in [0.5, 0.6) is 0 Å². The van der Waals surface area contributed by atoms with E-state index in [4.69, 9.17) is 10.8 Å². The van der Waals surface area contributed by atoms with E-state index < -0.39 is 0 Å². The lowest BCUT2D eigenvalue weighted by atomic mass is 10.1. The Kier molecular flexibility index (Phi) is 7.01. The van der Waals surface area contributed by atoms with Gasteiger partial charge in [-0.1, -0.05) is 12.1 Å². The summed E-state index contributed by atoms with van der Waals surface area (Å²) < 4.78 is 0. The molecule has 0 saturated heterocycles. The Morgan fingerprint density at radius 1 is 1.36 bits per heavy atom. The molecule has 0 fully saturated rings. The average molecular weight is 234 g/mol. The van der Waals surface area contributed by atoms with Gasteiger partial charge in [-0.3, -0.25) is 0 Å². The maximum atomic E-state index is 8.71. The molecule has 0 saturated carbocycles. The van der Waals surface area contributed by atoms with Crippen molar-refractivity contribution in [3.63, 3.8) is 0 Å². The van der Waals surface area contributed by atoms with Gasteiger partial charge in [0.05, 0.1) is 0 Å². The number of thioether (sulfide) groups is 1. The molecule has 0 heterocycles. The maximum absolute atomic E-state index is 8.71. The van der Waals surface area contributed by atoms with Gasteiger partial charge in [0, 0.05) is 17.5 Å². The van der Waals surface area contributed by atoms with Crippen molar-refractivity contribution in [2.75, 3.05) is 12.9 Å². The lowest BCUT2D eigenvalue weighted by molar-refractivity contribution is 0.276. The number of aliphatic hydroxyl groups is 1. The molecule has 14 heavy (non-hydrogen) atoms. The van der Waals surface area contributed by atoms with Crippen LogP contribution in [0.2, 0.25) is 0 Å². The van der Waals surface area contributed by atoms with Crippen LogP contribution in [0.3, 0.4) is 0 Å². The van der Waals surface area contributed by atoms with E-state index in [-0.39, 0.29) is 25.1 Å². The minimum atomic E-state index is -0.0408. The van der Waals surface area contributed by atoms with E-state index in [1.807, 2.05) is 18.4 Å². The summed E-state index contributed by atoms with van der Waals surface area (Å²) in [6.07, 6.45) is 2.67. The predicted octanol–water partition coefficient (Wildman–Crippen LogP) is 2.21. The van der Waals surface area contributed by atoms with Gasteiger partial charge in [0.1, 0.15) is 0 Å². The van der Waals surface area contributed by atoms with Crippen LogP contribution in [0, 0.1) is 0 Å². The molecular weight excluding hydrogens is 218 g/mol. The van der Waals surface area contributed by atoms with E-state index in [9.17, 15) is 0 Å². The SMILES string of the molecule is CSc1ccc(C(N)CCO)cc1.Cl. The van der Waals surface area contributed by atoms with Crippen molar-refractivity contribution in [2.24, 2.45) is 5.73 Å². The van der Waals surface area contributed by atoms with Crippen molar-refractivity contribution in [1.29, 1.82) is 0 Å². The van der Waals surface area contributed by atoms with Crippen molar-refractivity contribution in [3.8, 4) is 0 Å². The molecule has 1 atom stereocenters. The lowest BCUT2D eigenvalue weighted by Crippen LogP contribution is -2.11. The third-order valence-electron chi connectivity index (χ3n) is 1.98. The first kappa shape index (κ1) is 13.8. The molecule has 0 amide bonds. The molecule has 4 heteroatoms. The third kappa shape index (κ3) is 3.88. The first-order valence-corrected chi connectivity index (χ1v) is 5.50. The van der Waals surface area contributed by atoms with E-state index in [2.05, 4.69) is 12.1 Å². The van der Waals surface area contributed by atoms with Gasteiger partial charge in [-0.15, -0.1) is 24.2 Å². The summed E-state index contributed by atoms with van der Waals surface area (Å²) in [4.78, 5) is 1.24. The fourth-order valence-corrected chi connectivity index (χ4v) is 1.57. The highest BCUT2D eigenvalue weighted by atomic mass is 35.5. The van der Waals surface area contributed by atoms with E-state index in [0.717, 1.165) is 5.56 Å². The van der Waals surface area contributed by atoms with Crippen LogP contribution in [0.4, 0.5) is 0 Å². The zero-order valence-electron chi connectivity index (χ0n) is 8.14. The van der Waals surface area contributed by atoms with Crippen LogP contribution in [0.25, 0.3) is 0 Å². The van der Waals surface area contributed by atoms with Gasteiger partial charge in [0.15, 0.2) is 0 Å². The molecule has 80 valence electrons. The molecule has 1 unspecified atom stereocenters. The minimum absolute atomic E-state index is 0. The Morgan fingerprint density at radius 2 is 1.93 bits per heavy atom. The van der Waals surface area contributed by atoms with Crippen molar-refractivity contribution < 1.29 is 5.11 Å². The Morgan fingerprint density at radius 3 is 2.36 bits per heavy atom. The number of hydrogen-bond donors (Lipinski definition) is 2. The molecule has 0 aliphatic rings. The number of rotatable bonds is 4. The Hall–Kier alpha value is -0.220. The van der Waals surface area contributed by atoms with Crippen molar-refractivity contribution in [2.45, 2.75) is 17.4 Å². The standard InChI is InChI=1S/C10H15NOS.ClH/c1-13-9-4-2-8(3-5-9)10(11)6-7-12;/h2-5,10,12H,6-7,11H2,1H3;1H. The zero-order chi connectivity index (χ0) is 9.68. The second-order valence-electron chi connectivity index (χ2n) is 2.89. The summed E-state index contributed by atoms with van der Waals surface area (Å²) in [5.41, 5.74) is 6.92. The molecule has 0 spiro atoms. The molecule has 0 aromatic heterocycles. The highest BCUT2D eigenvalue weighted by molar-refractivity contribution is 7.98. The predicted molar refractivity (Wildman–Crippen MR) is 64.1 cm³/mol. The fraction of sp³-hybridized carbons (Fsp3) is 0.400. The molecule has 1 aromatic carbocycles. The Labute approximate surface area is 95.3 Å². The normalized spacial score (nSPS) is 11.9. The first-order chi connectivity index (χ1) is 6.27. The van der Waals surface area contributed by atoms with Crippen LogP contribution >= 0.6 is 24.2 Å². The van der Waals surface area contributed by atoms with Gasteiger partial charge in [0.25, 0.3) is 0 Å². The second kappa shape index (κ2) is 7.12. The van der Waals surface area contributed by atoms with E-state index in [0.29, 0.717) is 6.42 Å². The molecule has 3 N–H and O–H groups in total. The molecule has 0 aliphatic heterocycles. The van der Waals surface area contributed by atoms with Crippen molar-refractivity contribution in [1.82, 2.24) is 0 Å². The monoisotopic (exact) mass is 233 g/mol. The highest BCUT2D eigenvalue weighted by Crippen LogP contribution is 2.19. The topological polar surface area (TPSA) is 46.2 Å². The highest BCUT2D eigenvalue weighted by Gasteiger charge is 2.03. The molecule has 0 bridgehead atoms. The number of benzene rings is 1. The molecule has 0 aliphatic carbocycles. The third-order valence-corrected chi connectivity index (χ3v) is 2.73. The minimum Gasteiger partial charge on any atom is -0.396 e. The van der Waals surface area contributed by atoms with Crippen LogP contribution in [-0.4, -0.2) is 18.0 Å². The number of aliphatic hydroxyl groups excluding tert-OH is 1. The molecule has 0 radical (unpaired) electrons. The van der Waals surface area contributed by atoms with Gasteiger partial charge in [-0.25, -0.2) is 0 Å². The van der Waals surface area contributed by atoms with Gasteiger partial charge >= 0.3 is 0 Å². The van der Waals surface area contributed by atoms with Crippen LogP contribution < -0.4 is 5.73 Å². The molecular formula is C10H16ClNOS. The summed E-state index contributed by atoms with van der Waals surface area (Å²) in [5, 5.41) is 8.71. The first-order valence-electron chi connectivity index (χ1n) is 4.28. The fourth-order valence-electron chi connectivity index (χ4n) is 1.16. The summed E-state index contributed by atoms with van der Waals surface area (Å²) in [5.74, 6) is 0. The Balaban J connectivity index is 0.00000169. The van der Waals surface area contributed by atoms with Crippen LogP contribution in [-0.2, 0) is 0 Å². The van der Waals surface area contributed by atoms with E-state index in [1.165, 1.54) is 4.90 Å². The van der Waals surface area contributed by atoms with Crippen LogP contribution in [0.15, 0.2) is 29.2 Å². The zero-order valence-corrected chi connectivity index (χ0v) is 9.78. The molecule has 2 nitrogen and oxygen atoms in total. The van der Waals surface area contributed by atoms with Gasteiger partial charge in [-0.05, 0) is 30.4 Å². The maximum Gasteiger partial charge on any atom is 0.0449 e. The number of nitrogens with two attached hydrogens (primary N) is 1. The largest absolute Gasteiger partial charge is 0.396 e. The molecule has 1 rings (SSSR count). The summed E-state index contributed by atoms with van der Waals surface area (Å²) >= 11 is 1.71. The number of hydrogen-bond acceptors (Lipinski definition) is 3. The summed E-state index contributed by atoms with van der Waals surface area (Å²) in [6.45, 7) is 0.144. The van der Waals surface area contributed by atoms with Crippen molar-refractivity contribution in [3.05, 3.63) is 29.8 Å². The van der Waals surface area contributed by atoms with E-state index >= 15 is 0 Å². The van der Waals surface area contributed by atoms with Gasteiger partial charge in [0.2, 0.25) is 0 Å². The molecule has 1 aromatic rings. The average Bonchev–Trinajstić information content (AvgIpc) is 2.18. The Bertz CT molecular complexity index is 253. The van der Waals surface area contributed by atoms with Crippen molar-refractivity contribution >= 4 is 24.2 Å².